The lowest BCUT2D eigenvalue weighted by atomic mass is 10.1. The molecule has 0 amide bonds. The van der Waals surface area contributed by atoms with Gasteiger partial charge in [0.2, 0.25) is 0 Å². The van der Waals surface area contributed by atoms with Gasteiger partial charge in [0.1, 0.15) is 5.78 Å². The van der Waals surface area contributed by atoms with Crippen molar-refractivity contribution in [2.24, 2.45) is 11.5 Å². The molecular weight excluding hydrogens is 128 g/mol. The van der Waals surface area contributed by atoms with Crippen LogP contribution in [0.4, 0.5) is 0 Å². The van der Waals surface area contributed by atoms with Crippen molar-refractivity contribution in [2.45, 2.75) is 26.2 Å². The van der Waals surface area contributed by atoms with Gasteiger partial charge in [-0.05, 0) is 19.8 Å². The Hall–Kier alpha value is -0.990. The summed E-state index contributed by atoms with van der Waals surface area (Å²) in [4.78, 5) is 10.4. The number of carbonyl (C=O) groups is 1. The van der Waals surface area contributed by atoms with Gasteiger partial charge in [-0.2, -0.15) is 0 Å². The number of rotatable bonds is 4. The minimum absolute atomic E-state index is 0.199. The fourth-order valence-corrected chi connectivity index (χ4v) is 0.625. The summed E-state index contributed by atoms with van der Waals surface area (Å²) in [6, 6.07) is 0. The van der Waals surface area contributed by atoms with Crippen molar-refractivity contribution in [3.63, 3.8) is 0 Å². The van der Waals surface area contributed by atoms with Crippen molar-refractivity contribution in [3.05, 3.63) is 11.9 Å². The van der Waals surface area contributed by atoms with Crippen LogP contribution in [0.25, 0.3) is 0 Å². The molecule has 10 heavy (non-hydrogen) atoms. The van der Waals surface area contributed by atoms with E-state index in [2.05, 4.69) is 0 Å². The highest BCUT2D eigenvalue weighted by molar-refractivity contribution is 5.75. The van der Waals surface area contributed by atoms with Gasteiger partial charge < -0.3 is 16.3 Å². The normalized spacial score (nSPS) is 11.5. The van der Waals surface area contributed by atoms with E-state index < -0.39 is 0 Å². The second-order valence-corrected chi connectivity index (χ2v) is 2.30. The average molecular weight is 142 g/mol. The molecular formula is C7H14N2O. The summed E-state index contributed by atoms with van der Waals surface area (Å²) in [5, 5.41) is 0. The van der Waals surface area contributed by atoms with Gasteiger partial charge in [-0.15, -0.1) is 0 Å². The van der Waals surface area contributed by atoms with E-state index in [1.807, 2.05) is 0 Å². The number of nitrogens with two attached hydrogens (primary N) is 2. The van der Waals surface area contributed by atoms with Crippen LogP contribution in [0.15, 0.2) is 11.9 Å². The van der Waals surface area contributed by atoms with Gasteiger partial charge in [0.15, 0.2) is 0 Å². The predicted octanol–water partition coefficient (Wildman–Crippen LogP) is 0.505. The summed E-state index contributed by atoms with van der Waals surface area (Å²) in [5.41, 5.74) is 11.2. The van der Waals surface area contributed by atoms with E-state index in [1.165, 1.54) is 6.20 Å². The molecule has 0 radical (unpaired) electrons. The third kappa shape index (κ3) is 5.15. The zero-order valence-electron chi connectivity index (χ0n) is 6.26. The summed E-state index contributed by atoms with van der Waals surface area (Å²) < 4.78 is 0. The van der Waals surface area contributed by atoms with Crippen molar-refractivity contribution >= 4 is 5.78 Å². The Labute approximate surface area is 61.1 Å². The van der Waals surface area contributed by atoms with Crippen molar-refractivity contribution in [2.75, 3.05) is 0 Å². The van der Waals surface area contributed by atoms with Crippen molar-refractivity contribution in [3.8, 4) is 0 Å². The minimum atomic E-state index is 0.199. The predicted molar refractivity (Wildman–Crippen MR) is 41.0 cm³/mol. The Morgan fingerprint density at radius 2 is 2.10 bits per heavy atom. The molecule has 0 unspecified atom stereocenters. The highest BCUT2D eigenvalue weighted by Gasteiger charge is 1.93. The largest absolute Gasteiger partial charge is 0.403 e. The molecule has 3 nitrogen and oxygen atoms in total. The fourth-order valence-electron chi connectivity index (χ4n) is 0.625. The Bertz CT molecular complexity index is 141. The van der Waals surface area contributed by atoms with Gasteiger partial charge in [0.05, 0.1) is 0 Å². The van der Waals surface area contributed by atoms with Crippen LogP contribution in [0.2, 0.25) is 0 Å². The van der Waals surface area contributed by atoms with E-state index in [0.29, 0.717) is 12.1 Å². The summed E-state index contributed by atoms with van der Waals surface area (Å²) >= 11 is 0. The van der Waals surface area contributed by atoms with Gasteiger partial charge in [0.25, 0.3) is 0 Å². The number of allylic oxidation sites excluding steroid dienone is 1. The maximum Gasteiger partial charge on any atom is 0.129 e. The summed E-state index contributed by atoms with van der Waals surface area (Å²) in [6.45, 7) is 1.57. The molecule has 0 saturated heterocycles. The molecule has 0 fully saturated rings. The fraction of sp³-hybridized carbons (Fsp3) is 0.571. The van der Waals surface area contributed by atoms with Crippen LogP contribution in [0, 0.1) is 0 Å². The number of hydrogen-bond acceptors (Lipinski definition) is 3. The molecule has 0 atom stereocenters. The zero-order chi connectivity index (χ0) is 7.98. The number of carbonyl (C=O) groups excluding carboxylic acids is 1. The summed E-state index contributed by atoms with van der Waals surface area (Å²) in [5.74, 6) is 0.199. The molecule has 0 aromatic heterocycles. The smallest absolute Gasteiger partial charge is 0.129 e. The highest BCUT2D eigenvalue weighted by atomic mass is 16.1. The molecule has 0 heterocycles. The number of ketones is 1. The first-order valence-electron chi connectivity index (χ1n) is 3.32. The molecule has 0 saturated carbocycles. The molecule has 0 spiro atoms. The van der Waals surface area contributed by atoms with Gasteiger partial charge in [-0.1, -0.05) is 0 Å². The van der Waals surface area contributed by atoms with Crippen LogP contribution in [0.1, 0.15) is 26.2 Å². The maximum atomic E-state index is 10.4. The van der Waals surface area contributed by atoms with E-state index in [0.717, 1.165) is 12.8 Å². The van der Waals surface area contributed by atoms with Crippen molar-refractivity contribution in [1.29, 1.82) is 0 Å². The molecule has 0 aliphatic heterocycles. The molecule has 0 bridgehead atoms. The highest BCUT2D eigenvalue weighted by Crippen LogP contribution is 2.00. The monoisotopic (exact) mass is 142 g/mol. The second kappa shape index (κ2) is 4.85. The molecule has 58 valence electrons. The molecule has 3 heteroatoms. The maximum absolute atomic E-state index is 10.4. The average Bonchev–Trinajstić information content (AvgIpc) is 1.87. The number of hydrogen-bond donors (Lipinski definition) is 2. The van der Waals surface area contributed by atoms with E-state index in [-0.39, 0.29) is 5.78 Å². The van der Waals surface area contributed by atoms with E-state index in [4.69, 9.17) is 11.5 Å². The van der Waals surface area contributed by atoms with E-state index in [1.54, 1.807) is 6.92 Å². The molecule has 0 rings (SSSR count). The molecule has 0 aliphatic carbocycles. The Kier molecular flexibility index (Phi) is 4.37. The quantitative estimate of drug-likeness (QED) is 0.600. The van der Waals surface area contributed by atoms with Crippen LogP contribution in [0.3, 0.4) is 0 Å². The molecule has 4 N–H and O–H groups in total. The SMILES string of the molecule is CC(=O)CCC/C(N)=C/N. The molecule has 0 aromatic rings. The standard InChI is InChI=1S/C7H14N2O/c1-6(10)3-2-4-7(9)5-8/h5H,2-4,8-9H2,1H3/b7-5-. The Morgan fingerprint density at radius 3 is 2.50 bits per heavy atom. The van der Waals surface area contributed by atoms with Crippen LogP contribution in [-0.4, -0.2) is 5.78 Å². The van der Waals surface area contributed by atoms with Crippen LogP contribution in [0.5, 0.6) is 0 Å². The van der Waals surface area contributed by atoms with Gasteiger partial charge in [-0.25, -0.2) is 0 Å². The lowest BCUT2D eigenvalue weighted by Gasteiger charge is -1.96. The summed E-state index contributed by atoms with van der Waals surface area (Å²) in [6.07, 6.45) is 3.49. The van der Waals surface area contributed by atoms with Gasteiger partial charge in [-0.3, -0.25) is 0 Å². The number of Topliss-reactive ketones (excluding diaryl/α,β-unsaturated/α-hetero) is 1. The first kappa shape index (κ1) is 9.01. The Balaban J connectivity index is 3.29. The van der Waals surface area contributed by atoms with E-state index >= 15 is 0 Å². The Morgan fingerprint density at radius 1 is 1.50 bits per heavy atom. The lowest BCUT2D eigenvalue weighted by Crippen LogP contribution is -2.01. The topological polar surface area (TPSA) is 69.1 Å². The van der Waals surface area contributed by atoms with Crippen LogP contribution in [-0.2, 0) is 4.79 Å². The lowest BCUT2D eigenvalue weighted by molar-refractivity contribution is -0.117. The molecule has 0 aliphatic rings. The van der Waals surface area contributed by atoms with Crippen LogP contribution >= 0.6 is 0 Å². The van der Waals surface area contributed by atoms with Crippen LogP contribution < -0.4 is 11.5 Å². The van der Waals surface area contributed by atoms with Crippen molar-refractivity contribution < 1.29 is 4.79 Å². The third-order valence-corrected chi connectivity index (χ3v) is 1.21. The van der Waals surface area contributed by atoms with Gasteiger partial charge in [0, 0.05) is 18.3 Å². The first-order valence-corrected chi connectivity index (χ1v) is 3.32. The van der Waals surface area contributed by atoms with Crippen molar-refractivity contribution in [1.82, 2.24) is 0 Å². The van der Waals surface area contributed by atoms with Gasteiger partial charge >= 0.3 is 0 Å². The minimum Gasteiger partial charge on any atom is -0.403 e. The molecule has 0 aromatic carbocycles. The zero-order valence-corrected chi connectivity index (χ0v) is 6.26. The second-order valence-electron chi connectivity index (χ2n) is 2.30. The third-order valence-electron chi connectivity index (χ3n) is 1.21. The summed E-state index contributed by atoms with van der Waals surface area (Å²) in [7, 11) is 0. The first-order chi connectivity index (χ1) is 4.66. The van der Waals surface area contributed by atoms with E-state index in [9.17, 15) is 4.79 Å².